The summed E-state index contributed by atoms with van der Waals surface area (Å²) in [5, 5.41) is 18.8. The molecule has 1 aromatic heterocycles. The van der Waals surface area contributed by atoms with Gasteiger partial charge < -0.3 is 20.7 Å². The number of hydrogen-bond donors (Lipinski definition) is 4. The molecule has 8 nitrogen and oxygen atoms in total. The van der Waals surface area contributed by atoms with Gasteiger partial charge in [-0.1, -0.05) is 5.92 Å². The molecule has 2 heterocycles. The number of nitrogens with two attached hydrogens (primary N) is 1. The largest absolute Gasteiger partial charge is 0.394 e. The average molecular weight is 281 g/mol. The first-order chi connectivity index (χ1) is 9.49. The molecular weight excluding hydrogens is 266 g/mol. The Balaban J connectivity index is 2.47. The molecule has 0 aromatic carbocycles. The normalized spacial score (nSPS) is 29.0. The van der Waals surface area contributed by atoms with Crippen molar-refractivity contribution in [3.8, 4) is 11.8 Å². The van der Waals surface area contributed by atoms with Gasteiger partial charge >= 0.3 is 5.69 Å². The highest BCUT2D eigenvalue weighted by atomic mass is 16.5. The van der Waals surface area contributed by atoms with Crippen LogP contribution in [0.3, 0.4) is 0 Å². The Bertz CT molecular complexity index is 668. The first-order valence-electron chi connectivity index (χ1n) is 5.97. The minimum absolute atomic E-state index is 0.0878. The van der Waals surface area contributed by atoms with Crippen LogP contribution in [0.5, 0.6) is 0 Å². The number of nitrogens with zero attached hydrogens (tertiary/aromatic N) is 1. The first kappa shape index (κ1) is 14.5. The average Bonchev–Trinajstić information content (AvgIpc) is 2.70. The van der Waals surface area contributed by atoms with Gasteiger partial charge in [0.25, 0.3) is 5.56 Å². The first-order valence-corrected chi connectivity index (χ1v) is 5.97. The molecule has 1 aromatic rings. The molecule has 0 aliphatic carbocycles. The van der Waals surface area contributed by atoms with Crippen LogP contribution in [0.1, 0.15) is 18.7 Å². The van der Waals surface area contributed by atoms with E-state index < -0.39 is 42.3 Å². The van der Waals surface area contributed by atoms with Crippen molar-refractivity contribution in [3.05, 3.63) is 32.6 Å². The number of nitrogens with one attached hydrogen (secondary N) is 1. The van der Waals surface area contributed by atoms with Crippen molar-refractivity contribution in [2.45, 2.75) is 31.4 Å². The Hall–Kier alpha value is -1.92. The Kier molecular flexibility index (Phi) is 4.06. The van der Waals surface area contributed by atoms with Gasteiger partial charge in [0.05, 0.1) is 12.6 Å². The number of aliphatic hydroxyl groups is 2. The molecule has 1 aliphatic heterocycles. The smallest absolute Gasteiger partial charge is 0.330 e. The third kappa shape index (κ3) is 2.39. The van der Waals surface area contributed by atoms with E-state index in [2.05, 4.69) is 16.8 Å². The molecule has 20 heavy (non-hydrogen) atoms. The van der Waals surface area contributed by atoms with E-state index >= 15 is 0 Å². The van der Waals surface area contributed by atoms with Crippen LogP contribution >= 0.6 is 0 Å². The van der Waals surface area contributed by atoms with Crippen LogP contribution in [-0.2, 0) is 4.74 Å². The Morgan fingerprint density at radius 2 is 2.25 bits per heavy atom. The quantitative estimate of drug-likeness (QED) is 0.443. The molecule has 5 N–H and O–H groups in total. The van der Waals surface area contributed by atoms with Gasteiger partial charge in [-0.15, -0.1) is 5.92 Å². The van der Waals surface area contributed by atoms with Crippen molar-refractivity contribution >= 4 is 0 Å². The van der Waals surface area contributed by atoms with E-state index in [0.29, 0.717) is 0 Å². The molecular formula is C12H15N3O5. The fraction of sp³-hybridized carbons (Fsp3) is 0.500. The second-order valence-electron chi connectivity index (χ2n) is 4.40. The number of hydrogen-bond acceptors (Lipinski definition) is 6. The zero-order chi connectivity index (χ0) is 14.9. The summed E-state index contributed by atoms with van der Waals surface area (Å²) in [5.74, 6) is 5.11. The maximum atomic E-state index is 11.8. The molecule has 8 heteroatoms. The van der Waals surface area contributed by atoms with Gasteiger partial charge in [-0.2, -0.15) is 0 Å². The fourth-order valence-electron chi connectivity index (χ4n) is 2.07. The summed E-state index contributed by atoms with van der Waals surface area (Å²) in [6.07, 6.45) is -1.74. The lowest BCUT2D eigenvalue weighted by atomic mass is 10.1. The number of H-pyrrole nitrogens is 1. The van der Waals surface area contributed by atoms with Crippen molar-refractivity contribution in [1.29, 1.82) is 0 Å². The van der Waals surface area contributed by atoms with Crippen molar-refractivity contribution in [3.63, 3.8) is 0 Å². The van der Waals surface area contributed by atoms with E-state index in [1.165, 1.54) is 6.20 Å². The summed E-state index contributed by atoms with van der Waals surface area (Å²) in [5.41, 5.74) is 4.54. The highest BCUT2D eigenvalue weighted by Crippen LogP contribution is 2.26. The van der Waals surface area contributed by atoms with Crippen LogP contribution in [0.15, 0.2) is 15.8 Å². The lowest BCUT2D eigenvalue weighted by molar-refractivity contribution is -0.0465. The molecule has 1 fully saturated rings. The maximum absolute atomic E-state index is 11.8. The molecule has 1 aliphatic rings. The fourth-order valence-corrected chi connectivity index (χ4v) is 2.07. The molecule has 108 valence electrons. The lowest BCUT2D eigenvalue weighted by Crippen LogP contribution is -2.43. The number of aliphatic hydroxyl groups excluding tert-OH is 2. The molecule has 2 rings (SSSR count). The van der Waals surface area contributed by atoms with Gasteiger partial charge in [0.2, 0.25) is 0 Å². The topological polar surface area (TPSA) is 131 Å². The summed E-state index contributed by atoms with van der Waals surface area (Å²) in [7, 11) is 0. The van der Waals surface area contributed by atoms with Crippen LogP contribution in [-0.4, -0.2) is 44.6 Å². The maximum Gasteiger partial charge on any atom is 0.330 e. The van der Waals surface area contributed by atoms with Gasteiger partial charge in [-0.3, -0.25) is 14.3 Å². The summed E-state index contributed by atoms with van der Waals surface area (Å²) in [6.45, 7) is 1.13. The second-order valence-corrected chi connectivity index (χ2v) is 4.40. The molecule has 0 saturated carbocycles. The Morgan fingerprint density at radius 1 is 1.55 bits per heavy atom. The molecule has 0 bridgehead atoms. The van der Waals surface area contributed by atoms with Crippen LogP contribution < -0.4 is 17.0 Å². The van der Waals surface area contributed by atoms with Crippen LogP contribution in [0.2, 0.25) is 0 Å². The zero-order valence-electron chi connectivity index (χ0n) is 10.7. The van der Waals surface area contributed by atoms with Crippen molar-refractivity contribution in [2.75, 3.05) is 6.61 Å². The summed E-state index contributed by atoms with van der Waals surface area (Å²) in [6, 6.07) is -0.904. The number of rotatable bonds is 2. The Morgan fingerprint density at radius 3 is 2.80 bits per heavy atom. The van der Waals surface area contributed by atoms with E-state index in [-0.39, 0.29) is 5.56 Å². The van der Waals surface area contributed by atoms with E-state index in [9.17, 15) is 14.7 Å². The number of aromatic nitrogens is 2. The lowest BCUT2D eigenvalue weighted by Gasteiger charge is -2.18. The van der Waals surface area contributed by atoms with E-state index in [4.69, 9.17) is 15.6 Å². The predicted molar refractivity (Wildman–Crippen MR) is 68.9 cm³/mol. The summed E-state index contributed by atoms with van der Waals surface area (Å²) >= 11 is 0. The third-order valence-electron chi connectivity index (χ3n) is 3.10. The van der Waals surface area contributed by atoms with E-state index in [1.807, 2.05) is 0 Å². The SMILES string of the molecule is CC#Cc1cn([C@H]2O[C@@H](CO)C(O)C2N)c(=O)[nH]c1=O. The van der Waals surface area contributed by atoms with E-state index in [1.54, 1.807) is 6.92 Å². The molecule has 1 saturated heterocycles. The number of ether oxygens (including phenoxy) is 1. The summed E-state index contributed by atoms with van der Waals surface area (Å²) < 4.78 is 6.40. The van der Waals surface area contributed by atoms with Gasteiger partial charge in [0.1, 0.15) is 17.8 Å². The zero-order valence-corrected chi connectivity index (χ0v) is 10.7. The molecule has 4 atom stereocenters. The van der Waals surface area contributed by atoms with Crippen molar-refractivity contribution in [2.24, 2.45) is 5.73 Å². The van der Waals surface area contributed by atoms with Crippen molar-refractivity contribution < 1.29 is 14.9 Å². The highest BCUT2D eigenvalue weighted by molar-refractivity contribution is 5.29. The molecule has 0 radical (unpaired) electrons. The van der Waals surface area contributed by atoms with Gasteiger partial charge in [-0.25, -0.2) is 4.79 Å². The highest BCUT2D eigenvalue weighted by Gasteiger charge is 2.42. The Labute approximate surface area is 113 Å². The molecule has 0 spiro atoms. The monoisotopic (exact) mass is 281 g/mol. The number of aromatic amines is 1. The third-order valence-corrected chi connectivity index (χ3v) is 3.10. The van der Waals surface area contributed by atoms with Crippen LogP contribution in [0.25, 0.3) is 0 Å². The van der Waals surface area contributed by atoms with Crippen LogP contribution in [0, 0.1) is 11.8 Å². The molecule has 2 unspecified atom stereocenters. The summed E-state index contributed by atoms with van der Waals surface area (Å²) in [4.78, 5) is 25.4. The second kappa shape index (κ2) is 5.60. The molecule has 0 amide bonds. The van der Waals surface area contributed by atoms with Gasteiger partial charge in [0.15, 0.2) is 6.23 Å². The minimum Gasteiger partial charge on any atom is -0.394 e. The minimum atomic E-state index is -1.11. The van der Waals surface area contributed by atoms with Crippen LogP contribution in [0.4, 0.5) is 0 Å². The predicted octanol–water partition coefficient (Wildman–Crippen LogP) is -2.51. The standard InChI is InChI=1S/C12H15N3O5/c1-2-3-6-4-15(12(19)14-10(6)18)11-8(13)9(17)7(5-16)20-11/h4,7-9,11,16-17H,5,13H2,1H3,(H,14,18,19)/t7-,8?,9?,11-/m0/s1. The van der Waals surface area contributed by atoms with E-state index in [0.717, 1.165) is 4.57 Å². The van der Waals surface area contributed by atoms with Gasteiger partial charge in [-0.05, 0) is 6.92 Å². The van der Waals surface area contributed by atoms with Crippen molar-refractivity contribution in [1.82, 2.24) is 9.55 Å². The van der Waals surface area contributed by atoms with Gasteiger partial charge in [0, 0.05) is 6.20 Å².